The number of nitrogens with zero attached hydrogens (tertiary/aromatic N) is 1. The fourth-order valence-electron chi connectivity index (χ4n) is 1.55. The van der Waals surface area contributed by atoms with E-state index in [1.807, 2.05) is 0 Å². The van der Waals surface area contributed by atoms with E-state index in [1.54, 1.807) is 19.2 Å². The topological polar surface area (TPSA) is 64.7 Å². The molecule has 0 radical (unpaired) electrons. The Morgan fingerprint density at radius 1 is 1.32 bits per heavy atom. The molecule has 0 atom stereocenters. The number of aromatic nitrogens is 1. The summed E-state index contributed by atoms with van der Waals surface area (Å²) in [6, 6.07) is 5.98. The van der Waals surface area contributed by atoms with Crippen molar-refractivity contribution in [3.63, 3.8) is 0 Å². The first kappa shape index (κ1) is 13.5. The summed E-state index contributed by atoms with van der Waals surface area (Å²) < 4.78 is 28.7. The van der Waals surface area contributed by atoms with Crippen LogP contribution in [0.15, 0.2) is 28.8 Å². The molecule has 0 bridgehead atoms. The summed E-state index contributed by atoms with van der Waals surface area (Å²) in [4.78, 5) is 0. The molecule has 102 valence electrons. The van der Waals surface area contributed by atoms with Crippen LogP contribution in [-0.4, -0.2) is 17.4 Å². The van der Waals surface area contributed by atoms with Crippen molar-refractivity contribution in [1.82, 2.24) is 5.16 Å². The third kappa shape index (κ3) is 3.52. The molecule has 1 aromatic carbocycles. The molecule has 2 aromatic rings. The fraction of sp³-hybridized carbons (Fsp3) is 0.308. The number of ether oxygens (including phenoxy) is 2. The SMILES string of the molecule is COCc1cc(COc2ccc(CO)cc2F)no1. The minimum absolute atomic E-state index is 0.0998. The monoisotopic (exact) mass is 267 g/mol. The smallest absolute Gasteiger partial charge is 0.165 e. The third-order valence-corrected chi connectivity index (χ3v) is 2.45. The molecule has 19 heavy (non-hydrogen) atoms. The zero-order valence-electron chi connectivity index (χ0n) is 10.4. The molecule has 0 amide bonds. The largest absolute Gasteiger partial charge is 0.484 e. The van der Waals surface area contributed by atoms with E-state index in [-0.39, 0.29) is 19.0 Å². The number of halogens is 1. The van der Waals surface area contributed by atoms with E-state index < -0.39 is 5.82 Å². The molecule has 1 N–H and O–H groups in total. The molecule has 6 heteroatoms. The molecule has 0 fully saturated rings. The van der Waals surface area contributed by atoms with Crippen molar-refractivity contribution >= 4 is 0 Å². The van der Waals surface area contributed by atoms with Crippen LogP contribution < -0.4 is 4.74 Å². The first-order valence-electron chi connectivity index (χ1n) is 5.68. The van der Waals surface area contributed by atoms with Crippen molar-refractivity contribution in [3.05, 3.63) is 47.1 Å². The molecular formula is C13H14FNO4. The Morgan fingerprint density at radius 2 is 2.16 bits per heavy atom. The summed E-state index contributed by atoms with van der Waals surface area (Å²) in [5, 5.41) is 12.6. The van der Waals surface area contributed by atoms with Gasteiger partial charge in [-0.1, -0.05) is 11.2 Å². The highest BCUT2D eigenvalue weighted by Gasteiger charge is 2.08. The molecule has 1 aromatic heterocycles. The Hall–Kier alpha value is -1.92. The van der Waals surface area contributed by atoms with E-state index in [1.165, 1.54) is 12.1 Å². The molecular weight excluding hydrogens is 253 g/mol. The Balaban J connectivity index is 1.97. The van der Waals surface area contributed by atoms with Crippen LogP contribution >= 0.6 is 0 Å². The van der Waals surface area contributed by atoms with Crippen LogP contribution in [-0.2, 0) is 24.6 Å². The molecule has 0 aliphatic rings. The molecule has 5 nitrogen and oxygen atoms in total. The van der Waals surface area contributed by atoms with Crippen molar-refractivity contribution < 1.29 is 23.5 Å². The van der Waals surface area contributed by atoms with E-state index in [2.05, 4.69) is 5.16 Å². The Morgan fingerprint density at radius 3 is 2.84 bits per heavy atom. The number of aliphatic hydroxyl groups excluding tert-OH is 1. The minimum Gasteiger partial charge on any atom is -0.484 e. The Labute approximate surface area is 109 Å². The van der Waals surface area contributed by atoms with Crippen LogP contribution in [0.1, 0.15) is 17.0 Å². The highest BCUT2D eigenvalue weighted by Crippen LogP contribution is 2.19. The second kappa shape index (κ2) is 6.31. The van der Waals surface area contributed by atoms with Crippen molar-refractivity contribution in [3.8, 4) is 5.75 Å². The van der Waals surface area contributed by atoms with Gasteiger partial charge in [0.15, 0.2) is 17.3 Å². The number of aliphatic hydroxyl groups is 1. The maximum Gasteiger partial charge on any atom is 0.165 e. The van der Waals surface area contributed by atoms with Gasteiger partial charge in [-0.2, -0.15) is 0 Å². The number of hydrogen-bond acceptors (Lipinski definition) is 5. The summed E-state index contributed by atoms with van der Waals surface area (Å²) in [7, 11) is 1.55. The lowest BCUT2D eigenvalue weighted by Gasteiger charge is -2.06. The normalized spacial score (nSPS) is 10.7. The van der Waals surface area contributed by atoms with Crippen LogP contribution in [0.5, 0.6) is 5.75 Å². The maximum absolute atomic E-state index is 13.6. The van der Waals surface area contributed by atoms with Crippen molar-refractivity contribution in [2.24, 2.45) is 0 Å². The number of hydrogen-bond donors (Lipinski definition) is 1. The first-order valence-corrected chi connectivity index (χ1v) is 5.68. The van der Waals surface area contributed by atoms with Crippen LogP contribution in [0.25, 0.3) is 0 Å². The minimum atomic E-state index is -0.521. The van der Waals surface area contributed by atoms with Gasteiger partial charge < -0.3 is 19.1 Å². The van der Waals surface area contributed by atoms with Crippen molar-refractivity contribution in [1.29, 1.82) is 0 Å². The molecule has 0 spiro atoms. The van der Waals surface area contributed by atoms with E-state index >= 15 is 0 Å². The highest BCUT2D eigenvalue weighted by atomic mass is 19.1. The predicted molar refractivity (Wildman–Crippen MR) is 63.9 cm³/mol. The third-order valence-electron chi connectivity index (χ3n) is 2.45. The molecule has 0 aliphatic carbocycles. The fourth-order valence-corrected chi connectivity index (χ4v) is 1.55. The predicted octanol–water partition coefficient (Wildman–Crippen LogP) is 2.03. The average Bonchev–Trinajstić information content (AvgIpc) is 2.85. The second-order valence-electron chi connectivity index (χ2n) is 3.93. The highest BCUT2D eigenvalue weighted by molar-refractivity contribution is 5.29. The van der Waals surface area contributed by atoms with Crippen molar-refractivity contribution in [2.45, 2.75) is 19.8 Å². The zero-order valence-corrected chi connectivity index (χ0v) is 10.4. The van der Waals surface area contributed by atoms with Gasteiger partial charge in [-0.3, -0.25) is 0 Å². The summed E-state index contributed by atoms with van der Waals surface area (Å²) in [5.74, 6) is 0.165. The van der Waals surface area contributed by atoms with Crippen LogP contribution in [0.3, 0.4) is 0 Å². The lowest BCUT2D eigenvalue weighted by molar-refractivity contribution is 0.155. The summed E-state index contributed by atoms with van der Waals surface area (Å²) in [5.41, 5.74) is 1.05. The Bertz CT molecular complexity index is 541. The van der Waals surface area contributed by atoms with Gasteiger partial charge in [-0.05, 0) is 17.7 Å². The van der Waals surface area contributed by atoms with Crippen molar-refractivity contribution in [2.75, 3.05) is 7.11 Å². The standard InChI is InChI=1S/C13H14FNO4/c1-17-8-11-5-10(15-19-11)7-18-13-3-2-9(6-16)4-12(13)14/h2-5,16H,6-8H2,1H3. The summed E-state index contributed by atoms with van der Waals surface area (Å²) >= 11 is 0. The molecule has 0 saturated carbocycles. The van der Waals surface area contributed by atoms with Gasteiger partial charge in [0, 0.05) is 13.2 Å². The van der Waals surface area contributed by atoms with Gasteiger partial charge in [0.05, 0.1) is 6.61 Å². The summed E-state index contributed by atoms with van der Waals surface area (Å²) in [6.45, 7) is 0.218. The molecule has 0 saturated heterocycles. The number of methoxy groups -OCH3 is 1. The lowest BCUT2D eigenvalue weighted by Crippen LogP contribution is -1.98. The number of rotatable bonds is 6. The van der Waals surface area contributed by atoms with Crippen LogP contribution in [0.2, 0.25) is 0 Å². The zero-order chi connectivity index (χ0) is 13.7. The molecule has 1 heterocycles. The van der Waals surface area contributed by atoms with Gasteiger partial charge in [0.25, 0.3) is 0 Å². The van der Waals surface area contributed by atoms with Crippen LogP contribution in [0.4, 0.5) is 4.39 Å². The first-order chi connectivity index (χ1) is 9.22. The average molecular weight is 267 g/mol. The van der Waals surface area contributed by atoms with Gasteiger partial charge >= 0.3 is 0 Å². The van der Waals surface area contributed by atoms with Gasteiger partial charge in [0.1, 0.15) is 18.9 Å². The van der Waals surface area contributed by atoms with Crippen LogP contribution in [0, 0.1) is 5.82 Å². The van der Waals surface area contributed by atoms with E-state index in [4.69, 9.17) is 19.1 Å². The van der Waals surface area contributed by atoms with Gasteiger partial charge in [-0.25, -0.2) is 4.39 Å². The molecule has 2 rings (SSSR count). The number of benzene rings is 1. The Kier molecular flexibility index (Phi) is 4.48. The quantitative estimate of drug-likeness (QED) is 0.867. The summed E-state index contributed by atoms with van der Waals surface area (Å²) in [6.07, 6.45) is 0. The van der Waals surface area contributed by atoms with Gasteiger partial charge in [0.2, 0.25) is 0 Å². The second-order valence-corrected chi connectivity index (χ2v) is 3.93. The molecule has 0 unspecified atom stereocenters. The molecule has 0 aliphatic heterocycles. The van der Waals surface area contributed by atoms with E-state index in [0.29, 0.717) is 23.6 Å². The maximum atomic E-state index is 13.6. The lowest BCUT2D eigenvalue weighted by atomic mass is 10.2. The van der Waals surface area contributed by atoms with E-state index in [0.717, 1.165) is 0 Å². The van der Waals surface area contributed by atoms with Gasteiger partial charge in [-0.15, -0.1) is 0 Å². The van der Waals surface area contributed by atoms with E-state index in [9.17, 15) is 4.39 Å².